The van der Waals surface area contributed by atoms with Crippen LogP contribution in [0.25, 0.3) is 0 Å². The van der Waals surface area contributed by atoms with E-state index in [0.717, 1.165) is 30.8 Å². The van der Waals surface area contributed by atoms with E-state index in [1.807, 2.05) is 0 Å². The van der Waals surface area contributed by atoms with Gasteiger partial charge >= 0.3 is 0 Å². The predicted molar refractivity (Wildman–Crippen MR) is 121 cm³/mol. The summed E-state index contributed by atoms with van der Waals surface area (Å²) in [6.45, 7) is 8.59. The summed E-state index contributed by atoms with van der Waals surface area (Å²) in [5.41, 5.74) is 2.82. The van der Waals surface area contributed by atoms with E-state index in [4.69, 9.17) is 0 Å². The van der Waals surface area contributed by atoms with Crippen molar-refractivity contribution in [2.75, 3.05) is 45.8 Å². The molecule has 152 valence electrons. The molecule has 0 spiro atoms. The summed E-state index contributed by atoms with van der Waals surface area (Å²) in [4.78, 5) is 5.39. The van der Waals surface area contributed by atoms with Crippen LogP contribution in [0.5, 0.6) is 0 Å². The molecule has 2 aliphatic heterocycles. The zero-order valence-electron chi connectivity index (χ0n) is 16.2. The van der Waals surface area contributed by atoms with Crippen molar-refractivity contribution in [1.29, 1.82) is 0 Å². The minimum atomic E-state index is 0. The monoisotopic (exact) mass is 419 g/mol. The van der Waals surface area contributed by atoms with Crippen LogP contribution in [0.4, 0.5) is 0 Å². The second kappa shape index (κ2) is 9.60. The molecule has 5 rings (SSSR count). The molecule has 0 aromatic heterocycles. The molecular formula is C23H31Cl2N3. The van der Waals surface area contributed by atoms with Gasteiger partial charge in [-0.25, -0.2) is 0 Å². The van der Waals surface area contributed by atoms with E-state index in [1.165, 1.54) is 43.9 Å². The molecule has 2 saturated heterocycles. The Balaban J connectivity index is 0.00000112. The third-order valence-corrected chi connectivity index (χ3v) is 6.74. The lowest BCUT2D eigenvalue weighted by Gasteiger charge is -2.40. The van der Waals surface area contributed by atoms with E-state index in [-0.39, 0.29) is 24.8 Å². The molecule has 28 heavy (non-hydrogen) atoms. The fourth-order valence-corrected chi connectivity index (χ4v) is 5.20. The smallest absolute Gasteiger partial charge is 0.0602 e. The van der Waals surface area contributed by atoms with Crippen molar-refractivity contribution in [2.24, 2.45) is 17.8 Å². The predicted octanol–water partition coefficient (Wildman–Crippen LogP) is 3.70. The van der Waals surface area contributed by atoms with Crippen LogP contribution in [0.15, 0.2) is 60.7 Å². The maximum absolute atomic E-state index is 3.52. The van der Waals surface area contributed by atoms with E-state index in [0.29, 0.717) is 6.04 Å². The molecule has 1 unspecified atom stereocenters. The van der Waals surface area contributed by atoms with Crippen molar-refractivity contribution < 1.29 is 0 Å². The Bertz CT molecular complexity index is 670. The second-order valence-corrected chi connectivity index (χ2v) is 8.21. The number of fused-ring (bicyclic) bond motifs is 1. The number of nitrogens with zero attached hydrogens (tertiary/aromatic N) is 2. The number of piperidine rings is 1. The van der Waals surface area contributed by atoms with Crippen molar-refractivity contribution in [1.82, 2.24) is 15.1 Å². The van der Waals surface area contributed by atoms with Crippen LogP contribution in [0.3, 0.4) is 0 Å². The number of nitrogens with one attached hydrogen (secondary N) is 1. The lowest BCUT2D eigenvalue weighted by Crippen LogP contribution is -2.48. The molecule has 1 aliphatic carbocycles. The average Bonchev–Trinajstić information content (AvgIpc) is 3.12. The van der Waals surface area contributed by atoms with Gasteiger partial charge in [0.1, 0.15) is 0 Å². The minimum absolute atomic E-state index is 0. The first-order chi connectivity index (χ1) is 12.9. The molecule has 1 N–H and O–H groups in total. The molecule has 1 saturated carbocycles. The molecule has 3 fully saturated rings. The Hall–Kier alpha value is -1.10. The lowest BCUT2D eigenvalue weighted by molar-refractivity contribution is 0.103. The van der Waals surface area contributed by atoms with Crippen LogP contribution in [-0.2, 0) is 0 Å². The second-order valence-electron chi connectivity index (χ2n) is 8.21. The largest absolute Gasteiger partial charge is 0.316 e. The Morgan fingerprint density at radius 3 is 1.75 bits per heavy atom. The number of rotatable bonds is 5. The Morgan fingerprint density at radius 1 is 0.750 bits per heavy atom. The fraction of sp³-hybridized carbons (Fsp3) is 0.478. The Labute approximate surface area is 181 Å². The average molecular weight is 420 g/mol. The summed E-state index contributed by atoms with van der Waals surface area (Å²) < 4.78 is 0. The SMILES string of the molecule is Cl.Cl.c1ccc(C(c2ccccc2)N2CCN(CC3[C@H]4CNC[C@@H]34)CC2)cc1. The Kier molecular flexibility index (Phi) is 7.41. The zero-order valence-corrected chi connectivity index (χ0v) is 17.9. The molecule has 0 radical (unpaired) electrons. The van der Waals surface area contributed by atoms with E-state index in [2.05, 4.69) is 75.8 Å². The highest BCUT2D eigenvalue weighted by Gasteiger charge is 2.52. The summed E-state index contributed by atoms with van der Waals surface area (Å²) in [6, 6.07) is 22.4. The van der Waals surface area contributed by atoms with E-state index in [9.17, 15) is 0 Å². The summed E-state index contributed by atoms with van der Waals surface area (Å²) in [6.07, 6.45) is 0. The van der Waals surface area contributed by atoms with Crippen LogP contribution in [-0.4, -0.2) is 55.6 Å². The number of benzene rings is 2. The van der Waals surface area contributed by atoms with E-state index < -0.39 is 0 Å². The molecule has 2 heterocycles. The molecule has 3 nitrogen and oxygen atoms in total. The Morgan fingerprint density at radius 2 is 1.25 bits per heavy atom. The minimum Gasteiger partial charge on any atom is -0.316 e. The van der Waals surface area contributed by atoms with Gasteiger partial charge in [0.2, 0.25) is 0 Å². The summed E-state index contributed by atoms with van der Waals surface area (Å²) in [5, 5.41) is 3.52. The van der Waals surface area contributed by atoms with Crippen LogP contribution in [0.1, 0.15) is 17.2 Å². The van der Waals surface area contributed by atoms with E-state index in [1.54, 1.807) is 0 Å². The van der Waals surface area contributed by atoms with Gasteiger partial charge in [-0.3, -0.25) is 4.90 Å². The summed E-state index contributed by atoms with van der Waals surface area (Å²) >= 11 is 0. The number of hydrogen-bond donors (Lipinski definition) is 1. The van der Waals surface area contributed by atoms with Gasteiger partial charge in [-0.15, -0.1) is 24.8 Å². The molecule has 3 atom stereocenters. The highest BCUT2D eigenvalue weighted by molar-refractivity contribution is 5.85. The molecule has 0 bridgehead atoms. The molecular weight excluding hydrogens is 389 g/mol. The first kappa shape index (κ1) is 21.6. The van der Waals surface area contributed by atoms with Gasteiger partial charge in [0.25, 0.3) is 0 Å². The maximum atomic E-state index is 3.52. The number of piperazine rings is 1. The van der Waals surface area contributed by atoms with Crippen molar-refractivity contribution in [3.8, 4) is 0 Å². The van der Waals surface area contributed by atoms with Crippen molar-refractivity contribution >= 4 is 24.8 Å². The zero-order chi connectivity index (χ0) is 17.3. The van der Waals surface area contributed by atoms with Crippen molar-refractivity contribution in [3.63, 3.8) is 0 Å². The van der Waals surface area contributed by atoms with Crippen LogP contribution in [0, 0.1) is 17.8 Å². The number of hydrogen-bond acceptors (Lipinski definition) is 3. The first-order valence-corrected chi connectivity index (χ1v) is 10.2. The topological polar surface area (TPSA) is 18.5 Å². The highest BCUT2D eigenvalue weighted by Crippen LogP contribution is 2.49. The van der Waals surface area contributed by atoms with Gasteiger partial charge in [0, 0.05) is 32.7 Å². The highest BCUT2D eigenvalue weighted by atomic mass is 35.5. The molecule has 2 aromatic carbocycles. The summed E-state index contributed by atoms with van der Waals surface area (Å²) in [7, 11) is 0. The maximum Gasteiger partial charge on any atom is 0.0602 e. The molecule has 2 aromatic rings. The quantitative estimate of drug-likeness (QED) is 0.796. The van der Waals surface area contributed by atoms with Gasteiger partial charge < -0.3 is 10.2 Å². The van der Waals surface area contributed by atoms with Gasteiger partial charge in [0.05, 0.1) is 6.04 Å². The summed E-state index contributed by atoms with van der Waals surface area (Å²) in [5.74, 6) is 2.94. The lowest BCUT2D eigenvalue weighted by atomic mass is 9.96. The van der Waals surface area contributed by atoms with Crippen molar-refractivity contribution in [3.05, 3.63) is 71.8 Å². The molecule has 3 aliphatic rings. The third-order valence-electron chi connectivity index (χ3n) is 6.74. The molecule has 5 heteroatoms. The van der Waals surface area contributed by atoms with Crippen LogP contribution >= 0.6 is 24.8 Å². The third kappa shape index (κ3) is 4.39. The van der Waals surface area contributed by atoms with Crippen LogP contribution in [0.2, 0.25) is 0 Å². The van der Waals surface area contributed by atoms with Crippen LogP contribution < -0.4 is 5.32 Å². The van der Waals surface area contributed by atoms with E-state index >= 15 is 0 Å². The normalized spacial score (nSPS) is 27.0. The van der Waals surface area contributed by atoms with Gasteiger partial charge in [-0.1, -0.05) is 60.7 Å². The van der Waals surface area contributed by atoms with Gasteiger partial charge in [-0.2, -0.15) is 0 Å². The first-order valence-electron chi connectivity index (χ1n) is 10.2. The fourth-order valence-electron chi connectivity index (χ4n) is 5.20. The van der Waals surface area contributed by atoms with Crippen molar-refractivity contribution in [2.45, 2.75) is 6.04 Å². The number of halogens is 2. The standard InChI is InChI=1S/C23H29N3.2ClH/c1-3-7-18(8-4-1)23(19-9-5-2-6-10-19)26-13-11-25(12-14-26)17-22-20-15-24-16-21(20)22;;/h1-10,20-24H,11-17H2;2*1H/t20-,21+,22?;;. The van der Waals surface area contributed by atoms with Gasteiger partial charge in [0.15, 0.2) is 0 Å². The molecule has 0 amide bonds. The van der Waals surface area contributed by atoms with Gasteiger partial charge in [-0.05, 0) is 42.0 Å².